The van der Waals surface area contributed by atoms with Gasteiger partial charge in [-0.2, -0.15) is 0 Å². The minimum atomic E-state index is -0.754. The van der Waals surface area contributed by atoms with E-state index in [1.807, 2.05) is 18.7 Å². The van der Waals surface area contributed by atoms with E-state index in [2.05, 4.69) is 13.0 Å². The van der Waals surface area contributed by atoms with Gasteiger partial charge in [-0.15, -0.1) is 0 Å². The van der Waals surface area contributed by atoms with Crippen molar-refractivity contribution in [1.82, 2.24) is 4.90 Å². The van der Waals surface area contributed by atoms with Crippen LogP contribution in [0.5, 0.6) is 0 Å². The molecule has 0 bridgehead atoms. The molecule has 0 unspecified atom stereocenters. The monoisotopic (exact) mass is 185 g/mol. The molecule has 3 heteroatoms. The predicted octanol–water partition coefficient (Wildman–Crippen LogP) is 1.75. The zero-order valence-electron chi connectivity index (χ0n) is 8.71. The number of allylic oxidation sites excluding steroid dienone is 1. The summed E-state index contributed by atoms with van der Waals surface area (Å²) in [6, 6.07) is 0. The third-order valence-electron chi connectivity index (χ3n) is 1.66. The summed E-state index contributed by atoms with van der Waals surface area (Å²) in [5, 5.41) is 8.61. The van der Waals surface area contributed by atoms with Gasteiger partial charge in [-0.05, 0) is 26.8 Å². The fourth-order valence-corrected chi connectivity index (χ4v) is 1.05. The Morgan fingerprint density at radius 2 is 2.08 bits per heavy atom. The first-order valence-electron chi connectivity index (χ1n) is 4.63. The van der Waals surface area contributed by atoms with Crippen molar-refractivity contribution < 1.29 is 9.90 Å². The maximum absolute atomic E-state index is 10.5. The van der Waals surface area contributed by atoms with Crippen LogP contribution in [0, 0.1) is 0 Å². The van der Waals surface area contributed by atoms with Gasteiger partial charge in [0.2, 0.25) is 0 Å². The zero-order valence-corrected chi connectivity index (χ0v) is 8.71. The smallest absolute Gasteiger partial charge is 0.317 e. The van der Waals surface area contributed by atoms with Crippen molar-refractivity contribution in [1.29, 1.82) is 0 Å². The van der Waals surface area contributed by atoms with Gasteiger partial charge in [-0.3, -0.25) is 9.69 Å². The van der Waals surface area contributed by atoms with Gasteiger partial charge in [0, 0.05) is 6.54 Å². The van der Waals surface area contributed by atoms with Gasteiger partial charge in [0.25, 0.3) is 0 Å². The van der Waals surface area contributed by atoms with E-state index in [1.165, 1.54) is 5.57 Å². The molecule has 13 heavy (non-hydrogen) atoms. The van der Waals surface area contributed by atoms with E-state index in [0.717, 1.165) is 19.5 Å². The highest BCUT2D eigenvalue weighted by atomic mass is 16.4. The minimum absolute atomic E-state index is 0.137. The molecular weight excluding hydrogens is 166 g/mol. The number of carbonyl (C=O) groups is 1. The van der Waals surface area contributed by atoms with Crippen molar-refractivity contribution in [3.8, 4) is 0 Å². The van der Waals surface area contributed by atoms with Gasteiger partial charge in [-0.1, -0.05) is 18.6 Å². The zero-order chi connectivity index (χ0) is 10.3. The largest absolute Gasteiger partial charge is 0.480 e. The Bertz CT molecular complexity index is 183. The number of aliphatic carboxylic acids is 1. The Morgan fingerprint density at radius 3 is 2.46 bits per heavy atom. The molecule has 0 aromatic rings. The molecule has 0 aliphatic rings. The SMILES string of the molecule is CCCN(CC=C(C)C)CC(=O)O. The minimum Gasteiger partial charge on any atom is -0.480 e. The topological polar surface area (TPSA) is 40.5 Å². The normalized spacial score (nSPS) is 10.2. The van der Waals surface area contributed by atoms with Crippen LogP contribution < -0.4 is 0 Å². The van der Waals surface area contributed by atoms with E-state index >= 15 is 0 Å². The van der Waals surface area contributed by atoms with E-state index < -0.39 is 5.97 Å². The molecule has 0 aromatic carbocycles. The highest BCUT2D eigenvalue weighted by Gasteiger charge is 2.05. The predicted molar refractivity (Wildman–Crippen MR) is 53.8 cm³/mol. The molecule has 1 N–H and O–H groups in total. The highest BCUT2D eigenvalue weighted by Crippen LogP contribution is 1.95. The van der Waals surface area contributed by atoms with Crippen molar-refractivity contribution in [2.24, 2.45) is 0 Å². The van der Waals surface area contributed by atoms with Crippen LogP contribution in [0.2, 0.25) is 0 Å². The first-order valence-corrected chi connectivity index (χ1v) is 4.63. The molecule has 0 aliphatic carbocycles. The summed E-state index contributed by atoms with van der Waals surface area (Å²) < 4.78 is 0. The standard InChI is InChI=1S/C10H19NO2/c1-4-6-11(8-10(12)13)7-5-9(2)3/h5H,4,6-8H2,1-3H3,(H,12,13). The average molecular weight is 185 g/mol. The summed E-state index contributed by atoms with van der Waals surface area (Å²) in [6.07, 6.45) is 3.04. The molecule has 0 saturated carbocycles. The van der Waals surface area contributed by atoms with Crippen LogP contribution in [-0.4, -0.2) is 35.6 Å². The van der Waals surface area contributed by atoms with E-state index in [9.17, 15) is 4.79 Å². The number of carboxylic acids is 1. The van der Waals surface area contributed by atoms with Gasteiger partial charge < -0.3 is 5.11 Å². The van der Waals surface area contributed by atoms with E-state index in [-0.39, 0.29) is 6.54 Å². The highest BCUT2D eigenvalue weighted by molar-refractivity contribution is 5.69. The number of hydrogen-bond donors (Lipinski definition) is 1. The summed E-state index contributed by atoms with van der Waals surface area (Å²) in [4.78, 5) is 12.4. The summed E-state index contributed by atoms with van der Waals surface area (Å²) in [7, 11) is 0. The Hall–Kier alpha value is -0.830. The number of nitrogens with zero attached hydrogens (tertiary/aromatic N) is 1. The van der Waals surface area contributed by atoms with Crippen LogP contribution in [-0.2, 0) is 4.79 Å². The van der Waals surface area contributed by atoms with Crippen LogP contribution in [0.1, 0.15) is 27.2 Å². The fraction of sp³-hybridized carbons (Fsp3) is 0.700. The molecule has 0 atom stereocenters. The second kappa shape index (κ2) is 6.66. The Morgan fingerprint density at radius 1 is 1.46 bits per heavy atom. The van der Waals surface area contributed by atoms with Gasteiger partial charge >= 0.3 is 5.97 Å². The quantitative estimate of drug-likeness (QED) is 0.641. The lowest BCUT2D eigenvalue weighted by molar-refractivity contribution is -0.138. The van der Waals surface area contributed by atoms with Gasteiger partial charge in [0.15, 0.2) is 0 Å². The molecule has 0 fully saturated rings. The van der Waals surface area contributed by atoms with Crippen LogP contribution >= 0.6 is 0 Å². The molecular formula is C10H19NO2. The van der Waals surface area contributed by atoms with Crippen LogP contribution in [0.15, 0.2) is 11.6 Å². The lowest BCUT2D eigenvalue weighted by Gasteiger charge is -2.17. The van der Waals surface area contributed by atoms with Crippen LogP contribution in [0.3, 0.4) is 0 Å². The molecule has 0 amide bonds. The summed E-state index contributed by atoms with van der Waals surface area (Å²) in [5.41, 5.74) is 1.23. The van der Waals surface area contributed by atoms with Crippen molar-refractivity contribution in [2.45, 2.75) is 27.2 Å². The van der Waals surface area contributed by atoms with E-state index in [0.29, 0.717) is 0 Å². The second-order valence-corrected chi connectivity index (χ2v) is 3.41. The Balaban J connectivity index is 3.94. The van der Waals surface area contributed by atoms with Gasteiger partial charge in [-0.25, -0.2) is 0 Å². The molecule has 0 spiro atoms. The third kappa shape index (κ3) is 7.53. The molecule has 3 nitrogen and oxygen atoms in total. The molecule has 0 rings (SSSR count). The maximum Gasteiger partial charge on any atom is 0.317 e. The number of hydrogen-bond acceptors (Lipinski definition) is 2. The average Bonchev–Trinajstić information content (AvgIpc) is 1.99. The Labute approximate surface area is 80.0 Å². The lowest BCUT2D eigenvalue weighted by Crippen LogP contribution is -2.30. The lowest BCUT2D eigenvalue weighted by atomic mass is 10.3. The molecule has 0 radical (unpaired) electrons. The third-order valence-corrected chi connectivity index (χ3v) is 1.66. The summed E-state index contributed by atoms with van der Waals surface area (Å²) in [6.45, 7) is 7.81. The van der Waals surface area contributed by atoms with Crippen molar-refractivity contribution in [3.63, 3.8) is 0 Å². The van der Waals surface area contributed by atoms with Crippen LogP contribution in [0.4, 0.5) is 0 Å². The first-order chi connectivity index (χ1) is 6.06. The molecule has 0 aromatic heterocycles. The summed E-state index contributed by atoms with van der Waals surface area (Å²) in [5.74, 6) is -0.754. The van der Waals surface area contributed by atoms with Gasteiger partial charge in [0.1, 0.15) is 0 Å². The van der Waals surface area contributed by atoms with Crippen molar-refractivity contribution >= 4 is 5.97 Å². The Kier molecular flexibility index (Phi) is 6.24. The van der Waals surface area contributed by atoms with Crippen LogP contribution in [0.25, 0.3) is 0 Å². The second-order valence-electron chi connectivity index (χ2n) is 3.41. The maximum atomic E-state index is 10.5. The molecule has 0 aliphatic heterocycles. The summed E-state index contributed by atoms with van der Waals surface area (Å²) >= 11 is 0. The molecule has 0 saturated heterocycles. The van der Waals surface area contributed by atoms with Crippen molar-refractivity contribution in [2.75, 3.05) is 19.6 Å². The van der Waals surface area contributed by atoms with Gasteiger partial charge in [0.05, 0.1) is 6.54 Å². The van der Waals surface area contributed by atoms with Crippen molar-refractivity contribution in [3.05, 3.63) is 11.6 Å². The molecule has 76 valence electrons. The van der Waals surface area contributed by atoms with E-state index in [1.54, 1.807) is 0 Å². The fourth-order valence-electron chi connectivity index (χ4n) is 1.05. The van der Waals surface area contributed by atoms with E-state index in [4.69, 9.17) is 5.11 Å². The number of rotatable bonds is 6. The molecule has 0 heterocycles. The first kappa shape index (κ1) is 12.2. The number of carboxylic acid groups (broad SMARTS) is 1.